The molecule has 0 radical (unpaired) electrons. The molecular formula is C55H38N2S. The topological polar surface area (TPSA) is 7.65 Å². The van der Waals surface area contributed by atoms with Crippen molar-refractivity contribution in [3.05, 3.63) is 205 Å². The highest BCUT2D eigenvalue weighted by atomic mass is 32.1. The minimum Gasteiger partial charge on any atom is -0.310 e. The third-order valence-electron chi connectivity index (χ3n) is 12.6. The minimum absolute atomic E-state index is 0.101. The van der Waals surface area contributed by atoms with Gasteiger partial charge in [0.25, 0.3) is 0 Å². The lowest BCUT2D eigenvalue weighted by Crippen LogP contribution is -2.16. The summed E-state index contributed by atoms with van der Waals surface area (Å²) in [6, 6.07) is 71.5. The molecule has 11 aromatic rings. The van der Waals surface area contributed by atoms with Crippen molar-refractivity contribution in [2.45, 2.75) is 19.3 Å². The maximum Gasteiger partial charge on any atom is 0.0734 e. The molecule has 3 aromatic heterocycles. The van der Waals surface area contributed by atoms with Gasteiger partial charge >= 0.3 is 0 Å². The summed E-state index contributed by atoms with van der Waals surface area (Å²) in [4.78, 5) is 5.06. The summed E-state index contributed by atoms with van der Waals surface area (Å²) in [6.45, 7) is 4.72. The fourth-order valence-corrected chi connectivity index (χ4v) is 11.2. The largest absolute Gasteiger partial charge is 0.310 e. The Morgan fingerprint density at radius 3 is 1.74 bits per heavy atom. The van der Waals surface area contributed by atoms with Crippen LogP contribution in [0.4, 0.5) is 17.1 Å². The molecule has 3 heterocycles. The lowest BCUT2D eigenvalue weighted by molar-refractivity contribution is 0.660. The number of benzene rings is 8. The van der Waals surface area contributed by atoms with E-state index in [9.17, 15) is 0 Å². The van der Waals surface area contributed by atoms with Crippen LogP contribution in [0, 0.1) is 0 Å². The van der Waals surface area contributed by atoms with Crippen LogP contribution in [0.3, 0.4) is 0 Å². The van der Waals surface area contributed by atoms with Gasteiger partial charge in [-0.05, 0) is 75.3 Å². The Labute approximate surface area is 341 Å². The van der Waals surface area contributed by atoms with Crippen LogP contribution in [-0.2, 0) is 5.41 Å². The van der Waals surface area contributed by atoms with E-state index in [-0.39, 0.29) is 5.41 Å². The summed E-state index contributed by atoms with van der Waals surface area (Å²) in [5.74, 6) is 0. The van der Waals surface area contributed by atoms with Gasteiger partial charge in [-0.3, -0.25) is 0 Å². The second-order valence-electron chi connectivity index (χ2n) is 16.1. The number of aromatic nitrogens is 1. The molecule has 12 rings (SSSR count). The average Bonchev–Trinajstić information content (AvgIpc) is 4.00. The van der Waals surface area contributed by atoms with Gasteiger partial charge in [0.1, 0.15) is 0 Å². The Bertz CT molecular complexity index is 3330. The van der Waals surface area contributed by atoms with Crippen LogP contribution >= 0.6 is 11.3 Å². The number of hydrogen-bond acceptors (Lipinski definition) is 2. The van der Waals surface area contributed by atoms with E-state index < -0.39 is 0 Å². The van der Waals surface area contributed by atoms with Crippen molar-refractivity contribution < 1.29 is 0 Å². The Hall–Kier alpha value is -6.94. The van der Waals surface area contributed by atoms with Crippen molar-refractivity contribution in [2.24, 2.45) is 0 Å². The van der Waals surface area contributed by atoms with Gasteiger partial charge in [-0.1, -0.05) is 172 Å². The molecule has 8 aromatic carbocycles. The van der Waals surface area contributed by atoms with Crippen molar-refractivity contribution >= 4 is 66.5 Å². The van der Waals surface area contributed by atoms with Gasteiger partial charge in [0.05, 0.1) is 27.1 Å². The van der Waals surface area contributed by atoms with Gasteiger partial charge in [-0.2, -0.15) is 0 Å². The standard InChI is InChI=1S/C55H38N2S/c1-55(2)45-23-11-9-20-43(45)49-46(55)24-14-26-48(49)56(39-31-27-36(28-32-39)35-15-5-3-6-16-35)40-33-29-38(30-34-40)54-52-50(53(58-54)37-17-7-4-8-18-37)44-22-13-21-42-41-19-10-12-25-47(41)57(52)51(42)44/h3-34H,1-2H3. The van der Waals surface area contributed by atoms with Crippen LogP contribution in [0.25, 0.3) is 81.2 Å². The summed E-state index contributed by atoms with van der Waals surface area (Å²) in [5.41, 5.74) is 17.5. The van der Waals surface area contributed by atoms with Crippen LogP contribution in [0.2, 0.25) is 0 Å². The van der Waals surface area contributed by atoms with Crippen molar-refractivity contribution in [2.75, 3.05) is 4.90 Å². The highest BCUT2D eigenvalue weighted by molar-refractivity contribution is 7.21. The van der Waals surface area contributed by atoms with E-state index in [0.717, 1.165) is 11.4 Å². The summed E-state index contributed by atoms with van der Waals surface area (Å²) in [5, 5.41) is 5.26. The van der Waals surface area contributed by atoms with Gasteiger partial charge in [0.2, 0.25) is 0 Å². The maximum absolute atomic E-state index is 2.54. The molecule has 0 unspecified atom stereocenters. The molecular weight excluding hydrogens is 721 g/mol. The normalized spacial score (nSPS) is 13.1. The molecule has 3 heteroatoms. The van der Waals surface area contributed by atoms with E-state index in [1.807, 2.05) is 11.3 Å². The zero-order valence-corrected chi connectivity index (χ0v) is 33.1. The first-order chi connectivity index (χ1) is 28.6. The number of hydrogen-bond donors (Lipinski definition) is 0. The van der Waals surface area contributed by atoms with Gasteiger partial charge < -0.3 is 9.30 Å². The molecule has 0 saturated carbocycles. The third kappa shape index (κ3) is 4.71. The molecule has 1 aliphatic rings. The quantitative estimate of drug-likeness (QED) is 0.164. The third-order valence-corrected chi connectivity index (χ3v) is 13.8. The summed E-state index contributed by atoms with van der Waals surface area (Å²) >= 11 is 1.91. The molecule has 0 atom stereocenters. The van der Waals surface area contributed by atoms with E-state index in [4.69, 9.17) is 0 Å². The van der Waals surface area contributed by atoms with E-state index >= 15 is 0 Å². The lowest BCUT2D eigenvalue weighted by Gasteiger charge is -2.29. The first kappa shape index (κ1) is 33.2. The highest BCUT2D eigenvalue weighted by Crippen LogP contribution is 2.55. The highest BCUT2D eigenvalue weighted by Gasteiger charge is 2.37. The SMILES string of the molecule is CC1(C)c2ccccc2-c2c(N(c3ccc(-c4ccccc4)cc3)c3ccc(-c4sc(-c5ccccc5)c5c6cccc7c8ccccc8n(c45)c76)cc3)cccc21. The number of nitrogens with zero attached hydrogens (tertiary/aromatic N) is 2. The number of anilines is 3. The Kier molecular flexibility index (Phi) is 7.18. The Balaban J connectivity index is 1.07. The monoisotopic (exact) mass is 758 g/mol. The Morgan fingerprint density at radius 1 is 0.431 bits per heavy atom. The van der Waals surface area contributed by atoms with Gasteiger partial charge in [-0.25, -0.2) is 0 Å². The van der Waals surface area contributed by atoms with Crippen molar-refractivity contribution in [3.63, 3.8) is 0 Å². The lowest BCUT2D eigenvalue weighted by atomic mass is 9.82. The van der Waals surface area contributed by atoms with E-state index in [1.165, 1.54) is 98.0 Å². The predicted molar refractivity (Wildman–Crippen MR) is 248 cm³/mol. The molecule has 0 fully saturated rings. The summed E-state index contributed by atoms with van der Waals surface area (Å²) in [7, 11) is 0. The molecule has 0 saturated heterocycles. The Morgan fingerprint density at radius 2 is 0.983 bits per heavy atom. The van der Waals surface area contributed by atoms with E-state index in [0.29, 0.717) is 0 Å². The first-order valence-corrected chi connectivity index (χ1v) is 20.9. The van der Waals surface area contributed by atoms with Crippen LogP contribution in [0.15, 0.2) is 194 Å². The summed E-state index contributed by atoms with van der Waals surface area (Å²) < 4.78 is 2.54. The second kappa shape index (κ2) is 12.5. The zero-order chi connectivity index (χ0) is 38.5. The molecule has 0 amide bonds. The first-order valence-electron chi connectivity index (χ1n) is 20.1. The van der Waals surface area contributed by atoms with Crippen LogP contribution in [-0.4, -0.2) is 4.40 Å². The zero-order valence-electron chi connectivity index (χ0n) is 32.3. The predicted octanol–water partition coefficient (Wildman–Crippen LogP) is 15.7. The minimum atomic E-state index is -0.101. The average molecular weight is 759 g/mol. The number of thiophene rings is 1. The van der Waals surface area contributed by atoms with Crippen molar-refractivity contribution in [3.8, 4) is 43.1 Å². The molecule has 2 nitrogen and oxygen atoms in total. The second-order valence-corrected chi connectivity index (χ2v) is 17.1. The fraction of sp³-hybridized carbons (Fsp3) is 0.0545. The molecule has 58 heavy (non-hydrogen) atoms. The van der Waals surface area contributed by atoms with Gasteiger partial charge in [0.15, 0.2) is 0 Å². The smallest absolute Gasteiger partial charge is 0.0734 e. The number of para-hydroxylation sites is 2. The van der Waals surface area contributed by atoms with Crippen LogP contribution < -0.4 is 4.90 Å². The van der Waals surface area contributed by atoms with Gasteiger partial charge in [0, 0.05) is 48.8 Å². The van der Waals surface area contributed by atoms with Gasteiger partial charge in [-0.15, -0.1) is 11.3 Å². The number of rotatable bonds is 6. The number of fused-ring (bicyclic) bond motifs is 9. The molecule has 0 bridgehead atoms. The molecule has 0 spiro atoms. The molecule has 0 aliphatic heterocycles. The van der Waals surface area contributed by atoms with Crippen LogP contribution in [0.1, 0.15) is 25.0 Å². The van der Waals surface area contributed by atoms with Crippen molar-refractivity contribution in [1.82, 2.24) is 4.40 Å². The maximum atomic E-state index is 2.54. The fourth-order valence-electron chi connectivity index (χ4n) is 9.87. The molecule has 274 valence electrons. The summed E-state index contributed by atoms with van der Waals surface area (Å²) in [6.07, 6.45) is 0. The molecule has 0 N–H and O–H groups in total. The molecule has 1 aliphatic carbocycles. The van der Waals surface area contributed by atoms with E-state index in [1.54, 1.807) is 0 Å². The van der Waals surface area contributed by atoms with Crippen molar-refractivity contribution in [1.29, 1.82) is 0 Å². The van der Waals surface area contributed by atoms with E-state index in [2.05, 4.69) is 217 Å². The van der Waals surface area contributed by atoms with Crippen LogP contribution in [0.5, 0.6) is 0 Å².